The van der Waals surface area contributed by atoms with Crippen molar-refractivity contribution in [2.45, 2.75) is 26.7 Å². The highest BCUT2D eigenvalue weighted by atomic mass is 16.5. The number of hydrogen-bond donors (Lipinski definition) is 1. The van der Waals surface area contributed by atoms with Gasteiger partial charge in [-0.2, -0.15) is 0 Å². The number of carbonyl (C=O) groups excluding carboxylic acids is 1. The van der Waals surface area contributed by atoms with Crippen molar-refractivity contribution in [1.29, 1.82) is 0 Å². The van der Waals surface area contributed by atoms with Crippen LogP contribution in [0.3, 0.4) is 0 Å². The summed E-state index contributed by atoms with van der Waals surface area (Å²) in [5.74, 6) is 1.06. The lowest BCUT2D eigenvalue weighted by molar-refractivity contribution is 0.102. The Morgan fingerprint density at radius 3 is 2.61 bits per heavy atom. The number of hydrogen-bond acceptors (Lipinski definition) is 3. The Hall–Kier alpha value is -2.49. The van der Waals surface area contributed by atoms with Gasteiger partial charge in [0.1, 0.15) is 0 Å². The summed E-state index contributed by atoms with van der Waals surface area (Å²) < 4.78 is 11.0. The van der Waals surface area contributed by atoms with Crippen molar-refractivity contribution in [3.63, 3.8) is 0 Å². The van der Waals surface area contributed by atoms with Crippen LogP contribution in [0.4, 0.5) is 5.69 Å². The molecule has 0 unspecified atom stereocenters. The second-order valence-electron chi connectivity index (χ2n) is 5.34. The molecule has 2 aromatic carbocycles. The molecule has 122 valence electrons. The number of carbonyl (C=O) groups is 1. The number of ether oxygens (including phenoxy) is 2. The van der Waals surface area contributed by atoms with Crippen LogP contribution in [-0.4, -0.2) is 19.6 Å². The van der Waals surface area contributed by atoms with Crippen molar-refractivity contribution in [3.8, 4) is 11.5 Å². The van der Waals surface area contributed by atoms with Gasteiger partial charge in [0.25, 0.3) is 5.91 Å². The molecule has 0 saturated heterocycles. The van der Waals surface area contributed by atoms with Crippen LogP contribution in [0.15, 0.2) is 42.5 Å². The van der Waals surface area contributed by atoms with Gasteiger partial charge >= 0.3 is 0 Å². The van der Waals surface area contributed by atoms with Gasteiger partial charge in [-0.3, -0.25) is 4.79 Å². The maximum absolute atomic E-state index is 12.4. The minimum atomic E-state index is -0.169. The van der Waals surface area contributed by atoms with E-state index in [1.807, 2.05) is 31.2 Å². The summed E-state index contributed by atoms with van der Waals surface area (Å²) in [6, 6.07) is 12.9. The second kappa shape index (κ2) is 8.22. The van der Waals surface area contributed by atoms with Gasteiger partial charge in [0.2, 0.25) is 0 Å². The number of methoxy groups -OCH3 is 1. The minimum absolute atomic E-state index is 0.169. The molecule has 4 nitrogen and oxygen atoms in total. The predicted octanol–water partition coefficient (Wildman–Crippen LogP) is 4.43. The van der Waals surface area contributed by atoms with Gasteiger partial charge in [-0.15, -0.1) is 0 Å². The summed E-state index contributed by atoms with van der Waals surface area (Å²) in [4.78, 5) is 12.4. The van der Waals surface area contributed by atoms with Gasteiger partial charge in [0, 0.05) is 11.3 Å². The molecular formula is C19H23NO3. The van der Waals surface area contributed by atoms with Crippen molar-refractivity contribution in [1.82, 2.24) is 0 Å². The molecule has 1 amide bonds. The Bertz CT molecular complexity index is 667. The summed E-state index contributed by atoms with van der Waals surface area (Å²) >= 11 is 0. The third kappa shape index (κ3) is 4.49. The lowest BCUT2D eigenvalue weighted by Crippen LogP contribution is -2.13. The first kappa shape index (κ1) is 16.9. The molecule has 2 aromatic rings. The monoisotopic (exact) mass is 313 g/mol. The molecule has 0 bridgehead atoms. The van der Waals surface area contributed by atoms with Crippen LogP contribution in [0.5, 0.6) is 11.5 Å². The van der Waals surface area contributed by atoms with Crippen molar-refractivity contribution < 1.29 is 14.3 Å². The van der Waals surface area contributed by atoms with Crippen molar-refractivity contribution >= 4 is 11.6 Å². The molecule has 0 aliphatic rings. The molecule has 4 heteroatoms. The Morgan fingerprint density at radius 1 is 1.13 bits per heavy atom. The van der Waals surface area contributed by atoms with E-state index in [0.717, 1.165) is 24.1 Å². The summed E-state index contributed by atoms with van der Waals surface area (Å²) in [5, 5.41) is 2.91. The Kier molecular flexibility index (Phi) is 6.03. The molecule has 1 N–H and O–H groups in total. The maximum Gasteiger partial charge on any atom is 0.255 e. The van der Waals surface area contributed by atoms with E-state index in [9.17, 15) is 4.79 Å². The number of anilines is 1. The molecule has 0 aliphatic carbocycles. The molecule has 0 saturated carbocycles. The van der Waals surface area contributed by atoms with Gasteiger partial charge in [0.15, 0.2) is 11.5 Å². The summed E-state index contributed by atoms with van der Waals surface area (Å²) in [6.45, 7) is 4.71. The summed E-state index contributed by atoms with van der Waals surface area (Å²) in [5.41, 5.74) is 2.36. The van der Waals surface area contributed by atoms with E-state index in [0.29, 0.717) is 23.7 Å². The number of nitrogens with one attached hydrogen (secondary N) is 1. The highest BCUT2D eigenvalue weighted by molar-refractivity contribution is 6.05. The zero-order chi connectivity index (χ0) is 16.7. The average Bonchev–Trinajstić information content (AvgIpc) is 2.57. The Morgan fingerprint density at radius 2 is 1.91 bits per heavy atom. The van der Waals surface area contributed by atoms with Crippen molar-refractivity contribution in [2.75, 3.05) is 19.0 Å². The van der Waals surface area contributed by atoms with Crippen LogP contribution in [0.2, 0.25) is 0 Å². The first-order valence-electron chi connectivity index (χ1n) is 7.83. The molecule has 0 aromatic heterocycles. The van der Waals surface area contributed by atoms with Crippen molar-refractivity contribution in [3.05, 3.63) is 53.6 Å². The molecular weight excluding hydrogens is 290 g/mol. The van der Waals surface area contributed by atoms with Gasteiger partial charge in [-0.1, -0.05) is 31.5 Å². The molecule has 0 heterocycles. The van der Waals surface area contributed by atoms with Crippen LogP contribution in [0.25, 0.3) is 0 Å². The van der Waals surface area contributed by atoms with Gasteiger partial charge < -0.3 is 14.8 Å². The zero-order valence-corrected chi connectivity index (χ0v) is 13.9. The summed E-state index contributed by atoms with van der Waals surface area (Å²) in [6.07, 6.45) is 2.05. The Labute approximate surface area is 137 Å². The average molecular weight is 313 g/mol. The standard InChI is InChI=1S/C19H23NO3/c1-4-5-12-23-17-11-10-15(13-18(17)22-3)19(21)20-16-9-7-6-8-14(16)2/h6-11,13H,4-5,12H2,1-3H3,(H,20,21). The minimum Gasteiger partial charge on any atom is -0.493 e. The van der Waals surface area contributed by atoms with Crippen LogP contribution in [0, 0.1) is 6.92 Å². The first-order chi connectivity index (χ1) is 11.2. The van der Waals surface area contributed by atoms with Crippen LogP contribution >= 0.6 is 0 Å². The van der Waals surface area contributed by atoms with E-state index in [-0.39, 0.29) is 5.91 Å². The molecule has 0 radical (unpaired) electrons. The molecule has 0 fully saturated rings. The molecule has 0 spiro atoms. The molecule has 23 heavy (non-hydrogen) atoms. The van der Waals surface area contributed by atoms with Crippen LogP contribution in [-0.2, 0) is 0 Å². The lowest BCUT2D eigenvalue weighted by atomic mass is 10.1. The normalized spacial score (nSPS) is 10.2. The molecule has 0 atom stereocenters. The highest BCUT2D eigenvalue weighted by Gasteiger charge is 2.12. The largest absolute Gasteiger partial charge is 0.493 e. The number of para-hydroxylation sites is 1. The van der Waals surface area contributed by atoms with Gasteiger partial charge in [-0.25, -0.2) is 0 Å². The van der Waals surface area contributed by atoms with E-state index >= 15 is 0 Å². The topological polar surface area (TPSA) is 47.6 Å². The lowest BCUT2D eigenvalue weighted by Gasteiger charge is -2.12. The van der Waals surface area contributed by atoms with Gasteiger partial charge in [-0.05, 0) is 43.2 Å². The predicted molar refractivity (Wildman–Crippen MR) is 92.5 cm³/mol. The van der Waals surface area contributed by atoms with E-state index in [2.05, 4.69) is 12.2 Å². The fourth-order valence-electron chi connectivity index (χ4n) is 2.16. The third-order valence-electron chi connectivity index (χ3n) is 3.57. The number of unbranched alkanes of at least 4 members (excludes halogenated alkanes) is 1. The zero-order valence-electron chi connectivity index (χ0n) is 13.9. The fourth-order valence-corrected chi connectivity index (χ4v) is 2.16. The Balaban J connectivity index is 2.13. The first-order valence-corrected chi connectivity index (χ1v) is 7.83. The molecule has 2 rings (SSSR count). The fraction of sp³-hybridized carbons (Fsp3) is 0.316. The summed E-state index contributed by atoms with van der Waals surface area (Å²) in [7, 11) is 1.57. The highest BCUT2D eigenvalue weighted by Crippen LogP contribution is 2.28. The van der Waals surface area contributed by atoms with E-state index in [1.165, 1.54) is 0 Å². The number of rotatable bonds is 7. The van der Waals surface area contributed by atoms with E-state index < -0.39 is 0 Å². The van der Waals surface area contributed by atoms with E-state index in [1.54, 1.807) is 25.3 Å². The van der Waals surface area contributed by atoms with Crippen molar-refractivity contribution in [2.24, 2.45) is 0 Å². The van der Waals surface area contributed by atoms with E-state index in [4.69, 9.17) is 9.47 Å². The quantitative estimate of drug-likeness (QED) is 0.769. The SMILES string of the molecule is CCCCOc1ccc(C(=O)Nc2ccccc2C)cc1OC. The van der Waals surface area contributed by atoms with Crippen LogP contribution < -0.4 is 14.8 Å². The maximum atomic E-state index is 12.4. The number of aryl methyl sites for hydroxylation is 1. The van der Waals surface area contributed by atoms with Crippen LogP contribution in [0.1, 0.15) is 35.7 Å². The third-order valence-corrected chi connectivity index (χ3v) is 3.57. The van der Waals surface area contributed by atoms with Gasteiger partial charge in [0.05, 0.1) is 13.7 Å². The number of amides is 1. The smallest absolute Gasteiger partial charge is 0.255 e. The number of benzene rings is 2. The second-order valence-corrected chi connectivity index (χ2v) is 5.34. The molecule has 0 aliphatic heterocycles.